The summed E-state index contributed by atoms with van der Waals surface area (Å²) in [5, 5.41) is 3.03. The number of ether oxygens (including phenoxy) is 1. The van der Waals surface area contributed by atoms with E-state index in [-0.39, 0.29) is 11.3 Å². The Labute approximate surface area is 174 Å². The Bertz CT molecular complexity index is 850. The van der Waals surface area contributed by atoms with E-state index in [0.717, 1.165) is 22.6 Å². The van der Waals surface area contributed by atoms with Crippen LogP contribution in [-0.2, 0) is 10.2 Å². The van der Waals surface area contributed by atoms with Crippen molar-refractivity contribution in [2.24, 2.45) is 5.41 Å². The zero-order valence-electron chi connectivity index (χ0n) is 18.6. The smallest absolute Gasteiger partial charge is 0.229 e. The van der Waals surface area contributed by atoms with Gasteiger partial charge in [0.05, 0.1) is 7.11 Å². The van der Waals surface area contributed by atoms with Gasteiger partial charge in [-0.15, -0.1) is 0 Å². The first-order chi connectivity index (χ1) is 12.8. The van der Waals surface area contributed by atoms with Crippen molar-refractivity contribution in [1.82, 2.24) is 0 Å². The topological polar surface area (TPSA) is 38.3 Å². The van der Waals surface area contributed by atoms with Crippen molar-refractivity contribution in [2.75, 3.05) is 12.4 Å². The first-order valence-corrected chi connectivity index (χ1v) is 10.4. The average Bonchev–Trinajstić information content (AvgIpc) is 2.56. The molecule has 2 aromatic rings. The van der Waals surface area contributed by atoms with Crippen LogP contribution in [0.15, 0.2) is 40.1 Å². The summed E-state index contributed by atoms with van der Waals surface area (Å²) in [6.45, 7) is 16.5. The highest BCUT2D eigenvalue weighted by Crippen LogP contribution is 2.39. The molecular formula is C24H33NO2S. The van der Waals surface area contributed by atoms with Crippen molar-refractivity contribution in [3.8, 4) is 5.75 Å². The fraction of sp³-hybridized carbons (Fsp3) is 0.458. The lowest BCUT2D eigenvalue weighted by molar-refractivity contribution is -0.123. The fourth-order valence-electron chi connectivity index (χ4n) is 2.96. The number of hydrogen-bond acceptors (Lipinski definition) is 3. The Kier molecular flexibility index (Phi) is 6.55. The van der Waals surface area contributed by atoms with Gasteiger partial charge in [0.2, 0.25) is 5.91 Å². The number of rotatable bonds is 4. The van der Waals surface area contributed by atoms with E-state index in [1.165, 1.54) is 15.4 Å². The molecule has 4 heteroatoms. The molecule has 1 N–H and O–H groups in total. The molecule has 0 fully saturated rings. The van der Waals surface area contributed by atoms with Gasteiger partial charge in [-0.1, -0.05) is 53.3 Å². The SMILES string of the molecule is COc1ccc(Sc2c(C)cc(NC(=O)C(C)(C)C)cc2C)cc1C(C)(C)C. The third-order valence-electron chi connectivity index (χ3n) is 4.60. The van der Waals surface area contributed by atoms with Gasteiger partial charge in [-0.2, -0.15) is 0 Å². The minimum absolute atomic E-state index is 0.00704. The van der Waals surface area contributed by atoms with Crippen LogP contribution in [0.25, 0.3) is 0 Å². The van der Waals surface area contributed by atoms with Crippen molar-refractivity contribution in [1.29, 1.82) is 0 Å². The molecule has 2 aromatic carbocycles. The van der Waals surface area contributed by atoms with Gasteiger partial charge in [0.25, 0.3) is 0 Å². The Morgan fingerprint density at radius 1 is 0.964 bits per heavy atom. The van der Waals surface area contributed by atoms with Crippen LogP contribution < -0.4 is 10.1 Å². The highest BCUT2D eigenvalue weighted by molar-refractivity contribution is 7.99. The van der Waals surface area contributed by atoms with Crippen LogP contribution >= 0.6 is 11.8 Å². The van der Waals surface area contributed by atoms with Gasteiger partial charge in [0.1, 0.15) is 5.75 Å². The van der Waals surface area contributed by atoms with Crippen LogP contribution in [0.1, 0.15) is 58.2 Å². The molecule has 0 saturated heterocycles. The fourth-order valence-corrected chi connectivity index (χ4v) is 3.94. The molecule has 28 heavy (non-hydrogen) atoms. The molecule has 0 atom stereocenters. The van der Waals surface area contributed by atoms with Gasteiger partial charge >= 0.3 is 0 Å². The first kappa shape index (κ1) is 22.4. The number of carbonyl (C=O) groups excluding carboxylic acids is 1. The van der Waals surface area contributed by atoms with Gasteiger partial charge in [-0.25, -0.2) is 0 Å². The summed E-state index contributed by atoms with van der Waals surface area (Å²) in [4.78, 5) is 14.7. The number of anilines is 1. The summed E-state index contributed by atoms with van der Waals surface area (Å²) in [5.41, 5.74) is 3.95. The van der Waals surface area contributed by atoms with Crippen molar-refractivity contribution >= 4 is 23.4 Å². The Morgan fingerprint density at radius 2 is 1.54 bits per heavy atom. The maximum absolute atomic E-state index is 12.3. The molecule has 0 aliphatic carbocycles. The van der Waals surface area contributed by atoms with E-state index in [0.29, 0.717) is 0 Å². The molecule has 0 aliphatic rings. The lowest BCUT2D eigenvalue weighted by Gasteiger charge is -2.23. The van der Waals surface area contributed by atoms with E-state index >= 15 is 0 Å². The normalized spacial score (nSPS) is 12.0. The largest absolute Gasteiger partial charge is 0.496 e. The van der Waals surface area contributed by atoms with Crippen LogP contribution in [0.4, 0.5) is 5.69 Å². The van der Waals surface area contributed by atoms with Crippen LogP contribution in [-0.4, -0.2) is 13.0 Å². The highest BCUT2D eigenvalue weighted by atomic mass is 32.2. The van der Waals surface area contributed by atoms with Crippen molar-refractivity contribution in [3.63, 3.8) is 0 Å². The Hall–Kier alpha value is -1.94. The lowest BCUT2D eigenvalue weighted by atomic mass is 9.86. The highest BCUT2D eigenvalue weighted by Gasteiger charge is 2.22. The zero-order chi connectivity index (χ0) is 21.3. The van der Waals surface area contributed by atoms with Gasteiger partial charge < -0.3 is 10.1 Å². The van der Waals surface area contributed by atoms with E-state index in [9.17, 15) is 4.79 Å². The van der Waals surface area contributed by atoms with Crippen LogP contribution in [0.2, 0.25) is 0 Å². The molecule has 0 aromatic heterocycles. The number of aryl methyl sites for hydroxylation is 2. The minimum Gasteiger partial charge on any atom is -0.496 e. The van der Waals surface area contributed by atoms with Gasteiger partial charge in [-0.3, -0.25) is 4.79 Å². The second-order valence-corrected chi connectivity index (χ2v) is 10.4. The molecule has 0 spiro atoms. The molecule has 152 valence electrons. The second-order valence-electron chi connectivity index (χ2n) is 9.36. The molecule has 0 unspecified atom stereocenters. The summed E-state index contributed by atoms with van der Waals surface area (Å²) < 4.78 is 5.56. The molecule has 2 rings (SSSR count). The molecule has 0 aliphatic heterocycles. The van der Waals surface area contributed by atoms with Crippen LogP contribution in [0, 0.1) is 19.3 Å². The Morgan fingerprint density at radius 3 is 2.00 bits per heavy atom. The lowest BCUT2D eigenvalue weighted by Crippen LogP contribution is -2.27. The number of methoxy groups -OCH3 is 1. The van der Waals surface area contributed by atoms with Crippen molar-refractivity contribution in [2.45, 2.75) is 70.6 Å². The van der Waals surface area contributed by atoms with E-state index < -0.39 is 5.41 Å². The number of benzene rings is 2. The van der Waals surface area contributed by atoms with E-state index in [1.54, 1.807) is 18.9 Å². The molecule has 0 heterocycles. The minimum atomic E-state index is -0.415. The summed E-state index contributed by atoms with van der Waals surface area (Å²) in [6, 6.07) is 10.5. The summed E-state index contributed by atoms with van der Waals surface area (Å²) in [7, 11) is 1.72. The standard InChI is InChI=1S/C24H33NO2S/c1-15-12-17(25-22(26)24(6,7)8)13-16(2)21(15)28-18-10-11-20(27-9)19(14-18)23(3,4)5/h10-14H,1-9H3,(H,25,26). The Balaban J connectivity index is 2.34. The molecular weight excluding hydrogens is 366 g/mol. The number of nitrogens with one attached hydrogen (secondary N) is 1. The van der Waals surface area contributed by atoms with Crippen LogP contribution in [0.3, 0.4) is 0 Å². The summed E-state index contributed by atoms with van der Waals surface area (Å²) in [5.74, 6) is 0.946. The summed E-state index contributed by atoms with van der Waals surface area (Å²) in [6.07, 6.45) is 0. The van der Waals surface area contributed by atoms with Crippen molar-refractivity contribution in [3.05, 3.63) is 47.0 Å². The number of hydrogen-bond donors (Lipinski definition) is 1. The third kappa shape index (κ3) is 5.32. The quantitative estimate of drug-likeness (QED) is 0.618. The third-order valence-corrected chi connectivity index (χ3v) is 5.94. The van der Waals surface area contributed by atoms with E-state index in [1.807, 2.05) is 39.0 Å². The molecule has 0 radical (unpaired) electrons. The number of carbonyl (C=O) groups is 1. The zero-order valence-corrected chi connectivity index (χ0v) is 19.4. The maximum Gasteiger partial charge on any atom is 0.229 e. The van der Waals surface area contributed by atoms with E-state index in [4.69, 9.17) is 4.74 Å². The maximum atomic E-state index is 12.3. The number of amides is 1. The van der Waals surface area contributed by atoms with Gasteiger partial charge in [-0.05, 0) is 60.7 Å². The predicted molar refractivity (Wildman–Crippen MR) is 120 cm³/mol. The average molecular weight is 400 g/mol. The molecule has 0 saturated carbocycles. The summed E-state index contributed by atoms with van der Waals surface area (Å²) >= 11 is 1.76. The molecule has 3 nitrogen and oxygen atoms in total. The predicted octanol–water partition coefficient (Wildman–Crippen LogP) is 6.75. The first-order valence-electron chi connectivity index (χ1n) is 9.62. The van der Waals surface area contributed by atoms with E-state index in [2.05, 4.69) is 52.1 Å². The van der Waals surface area contributed by atoms with Gasteiger partial charge in [0.15, 0.2) is 0 Å². The second kappa shape index (κ2) is 8.20. The van der Waals surface area contributed by atoms with Crippen LogP contribution in [0.5, 0.6) is 5.75 Å². The molecule has 0 bridgehead atoms. The monoisotopic (exact) mass is 399 g/mol. The van der Waals surface area contributed by atoms with Crippen molar-refractivity contribution < 1.29 is 9.53 Å². The van der Waals surface area contributed by atoms with Gasteiger partial charge in [0, 0.05) is 26.5 Å². The molecule has 1 amide bonds.